The van der Waals surface area contributed by atoms with E-state index in [1.54, 1.807) is 13.1 Å². The van der Waals surface area contributed by atoms with E-state index in [-0.39, 0.29) is 22.2 Å². The van der Waals surface area contributed by atoms with Crippen molar-refractivity contribution in [2.75, 3.05) is 0 Å². The second-order valence-electron chi connectivity index (χ2n) is 4.42. The third kappa shape index (κ3) is 2.80. The lowest BCUT2D eigenvalue weighted by Gasteiger charge is -2.06. The first kappa shape index (κ1) is 14.8. The molecule has 0 spiro atoms. The van der Waals surface area contributed by atoms with E-state index in [4.69, 9.17) is 0 Å². The van der Waals surface area contributed by atoms with Crippen molar-refractivity contribution in [1.82, 2.24) is 9.78 Å². The van der Waals surface area contributed by atoms with Gasteiger partial charge in [-0.2, -0.15) is 5.10 Å². The number of hydrogen-bond acceptors (Lipinski definition) is 2. The molecule has 1 heterocycles. The molecule has 1 aromatic carbocycles. The quantitative estimate of drug-likeness (QED) is 0.630. The third-order valence-corrected chi connectivity index (χ3v) is 3.67. The number of halogens is 3. The predicted octanol–water partition coefficient (Wildman–Crippen LogP) is 3.45. The van der Waals surface area contributed by atoms with Crippen LogP contribution in [0.1, 0.15) is 28.7 Å². The first-order chi connectivity index (χ1) is 9.43. The SMILES string of the molecule is CCc1cc(C(=O)Cc2c(F)ccc(Br)c2F)n(C)n1. The lowest BCUT2D eigenvalue weighted by atomic mass is 10.1. The highest BCUT2D eigenvalue weighted by molar-refractivity contribution is 9.10. The molecule has 0 aliphatic rings. The van der Waals surface area contributed by atoms with Crippen LogP contribution in [0.2, 0.25) is 0 Å². The van der Waals surface area contributed by atoms with Gasteiger partial charge in [0.1, 0.15) is 17.3 Å². The molecule has 0 saturated carbocycles. The molecule has 0 amide bonds. The van der Waals surface area contributed by atoms with E-state index >= 15 is 0 Å². The van der Waals surface area contributed by atoms with Crippen molar-refractivity contribution in [1.29, 1.82) is 0 Å². The highest BCUT2D eigenvalue weighted by Gasteiger charge is 2.19. The van der Waals surface area contributed by atoms with Crippen LogP contribution in [0.4, 0.5) is 8.78 Å². The maximum absolute atomic E-state index is 13.8. The Balaban J connectivity index is 2.32. The molecular weight excluding hydrogens is 330 g/mol. The molecule has 0 atom stereocenters. The Morgan fingerprint density at radius 2 is 2.10 bits per heavy atom. The molecule has 0 saturated heterocycles. The molecule has 0 fully saturated rings. The van der Waals surface area contributed by atoms with Crippen molar-refractivity contribution >= 4 is 21.7 Å². The van der Waals surface area contributed by atoms with E-state index in [1.807, 2.05) is 6.92 Å². The average molecular weight is 343 g/mol. The fourth-order valence-corrected chi connectivity index (χ4v) is 2.31. The number of Topliss-reactive ketones (excluding diaryl/α,β-unsaturated/α-hetero) is 1. The first-order valence-electron chi connectivity index (χ1n) is 6.12. The molecule has 106 valence electrons. The monoisotopic (exact) mass is 342 g/mol. The highest BCUT2D eigenvalue weighted by Crippen LogP contribution is 2.23. The number of aryl methyl sites for hydroxylation is 2. The summed E-state index contributed by atoms with van der Waals surface area (Å²) in [6, 6.07) is 4.06. The number of carbonyl (C=O) groups excluding carboxylic acids is 1. The molecule has 0 N–H and O–H groups in total. The van der Waals surface area contributed by atoms with Crippen LogP contribution < -0.4 is 0 Å². The summed E-state index contributed by atoms with van der Waals surface area (Å²) >= 11 is 2.99. The Kier molecular flexibility index (Phi) is 4.32. The van der Waals surface area contributed by atoms with Gasteiger partial charge in [-0.05, 0) is 40.5 Å². The minimum atomic E-state index is -0.740. The van der Waals surface area contributed by atoms with E-state index < -0.39 is 11.6 Å². The van der Waals surface area contributed by atoms with Gasteiger partial charge in [-0.15, -0.1) is 0 Å². The summed E-state index contributed by atoms with van der Waals surface area (Å²) in [6.45, 7) is 1.92. The van der Waals surface area contributed by atoms with Crippen molar-refractivity contribution in [2.45, 2.75) is 19.8 Å². The summed E-state index contributed by atoms with van der Waals surface area (Å²) in [7, 11) is 1.64. The van der Waals surface area contributed by atoms with Gasteiger partial charge in [-0.3, -0.25) is 9.48 Å². The highest BCUT2D eigenvalue weighted by atomic mass is 79.9. The van der Waals surface area contributed by atoms with Gasteiger partial charge in [0.05, 0.1) is 10.2 Å². The smallest absolute Gasteiger partial charge is 0.185 e. The van der Waals surface area contributed by atoms with Crippen molar-refractivity contribution in [3.05, 3.63) is 51.3 Å². The van der Waals surface area contributed by atoms with Gasteiger partial charge in [-0.1, -0.05) is 6.92 Å². The van der Waals surface area contributed by atoms with Crippen molar-refractivity contribution < 1.29 is 13.6 Å². The number of nitrogens with zero attached hydrogens (tertiary/aromatic N) is 2. The molecule has 6 heteroatoms. The summed E-state index contributed by atoms with van der Waals surface area (Å²) in [4.78, 5) is 12.2. The van der Waals surface area contributed by atoms with E-state index in [0.717, 1.165) is 11.8 Å². The normalized spacial score (nSPS) is 10.8. The molecule has 0 unspecified atom stereocenters. The van der Waals surface area contributed by atoms with Crippen LogP contribution in [0, 0.1) is 11.6 Å². The van der Waals surface area contributed by atoms with Gasteiger partial charge < -0.3 is 0 Å². The standard InChI is InChI=1S/C14H13BrF2N2O/c1-3-8-6-12(19(2)18-8)13(20)7-9-11(16)5-4-10(15)14(9)17/h4-6H,3,7H2,1-2H3. The number of aromatic nitrogens is 2. The van der Waals surface area contributed by atoms with Crippen molar-refractivity contribution in [2.24, 2.45) is 7.05 Å². The van der Waals surface area contributed by atoms with Crippen LogP contribution in [0.25, 0.3) is 0 Å². The zero-order chi connectivity index (χ0) is 14.9. The van der Waals surface area contributed by atoms with Crippen LogP contribution in [0.3, 0.4) is 0 Å². The van der Waals surface area contributed by atoms with Gasteiger partial charge >= 0.3 is 0 Å². The lowest BCUT2D eigenvalue weighted by molar-refractivity contribution is 0.0981. The second kappa shape index (κ2) is 5.83. The largest absolute Gasteiger partial charge is 0.292 e. The van der Waals surface area contributed by atoms with Gasteiger partial charge in [-0.25, -0.2) is 8.78 Å². The van der Waals surface area contributed by atoms with E-state index in [1.165, 1.54) is 10.7 Å². The van der Waals surface area contributed by atoms with Crippen molar-refractivity contribution in [3.63, 3.8) is 0 Å². The number of benzene rings is 1. The van der Waals surface area contributed by atoms with Crippen LogP contribution in [0.15, 0.2) is 22.7 Å². The van der Waals surface area contributed by atoms with Gasteiger partial charge in [0.25, 0.3) is 0 Å². The Hall–Kier alpha value is -1.56. The Labute approximate surface area is 123 Å². The summed E-state index contributed by atoms with van der Waals surface area (Å²) < 4.78 is 29.1. The van der Waals surface area contributed by atoms with Crippen LogP contribution in [-0.2, 0) is 19.9 Å². The van der Waals surface area contributed by atoms with E-state index in [0.29, 0.717) is 12.1 Å². The predicted molar refractivity (Wildman–Crippen MR) is 74.7 cm³/mol. The maximum Gasteiger partial charge on any atom is 0.185 e. The molecule has 2 rings (SSSR count). The zero-order valence-corrected chi connectivity index (χ0v) is 12.7. The van der Waals surface area contributed by atoms with Crippen molar-refractivity contribution in [3.8, 4) is 0 Å². The number of carbonyl (C=O) groups is 1. The summed E-state index contributed by atoms with van der Waals surface area (Å²) in [5, 5.41) is 4.15. The maximum atomic E-state index is 13.8. The zero-order valence-electron chi connectivity index (χ0n) is 11.1. The van der Waals surface area contributed by atoms with Gasteiger partial charge in [0.15, 0.2) is 5.78 Å². The number of hydrogen-bond donors (Lipinski definition) is 0. The van der Waals surface area contributed by atoms with E-state index in [2.05, 4.69) is 21.0 Å². The Morgan fingerprint density at radius 1 is 1.40 bits per heavy atom. The molecule has 0 aliphatic heterocycles. The van der Waals surface area contributed by atoms with E-state index in [9.17, 15) is 13.6 Å². The summed E-state index contributed by atoms with van der Waals surface area (Å²) in [5.41, 5.74) is 0.885. The molecule has 1 aromatic heterocycles. The molecule has 2 aromatic rings. The molecular formula is C14H13BrF2N2O. The molecule has 0 radical (unpaired) electrons. The molecule has 20 heavy (non-hydrogen) atoms. The van der Waals surface area contributed by atoms with Crippen LogP contribution in [-0.4, -0.2) is 15.6 Å². The summed E-state index contributed by atoms with van der Waals surface area (Å²) in [5.74, 6) is -1.83. The molecule has 3 nitrogen and oxygen atoms in total. The van der Waals surface area contributed by atoms with Gasteiger partial charge in [0, 0.05) is 19.0 Å². The minimum absolute atomic E-state index is 0.140. The first-order valence-corrected chi connectivity index (χ1v) is 6.91. The van der Waals surface area contributed by atoms with Crippen LogP contribution in [0.5, 0.6) is 0 Å². The minimum Gasteiger partial charge on any atom is -0.292 e. The summed E-state index contributed by atoms with van der Waals surface area (Å²) in [6.07, 6.45) is 0.362. The third-order valence-electron chi connectivity index (χ3n) is 3.05. The fraction of sp³-hybridized carbons (Fsp3) is 0.286. The van der Waals surface area contributed by atoms with Gasteiger partial charge in [0.2, 0.25) is 0 Å². The molecule has 0 bridgehead atoms. The second-order valence-corrected chi connectivity index (χ2v) is 5.27. The lowest BCUT2D eigenvalue weighted by Crippen LogP contribution is -2.12. The fourth-order valence-electron chi connectivity index (χ4n) is 1.94. The number of ketones is 1. The van der Waals surface area contributed by atoms with Crippen LogP contribution >= 0.6 is 15.9 Å². The Morgan fingerprint density at radius 3 is 2.70 bits per heavy atom. The average Bonchev–Trinajstić information content (AvgIpc) is 2.80. The molecule has 0 aliphatic carbocycles. The topological polar surface area (TPSA) is 34.9 Å². The Bertz CT molecular complexity index is 667. The number of rotatable bonds is 4.